The predicted octanol–water partition coefficient (Wildman–Crippen LogP) is 4.00. The van der Waals surface area contributed by atoms with Gasteiger partial charge in [-0.05, 0) is 61.2 Å². The van der Waals surface area contributed by atoms with Gasteiger partial charge in [-0.25, -0.2) is 0 Å². The number of nitrogens with one attached hydrogen (secondary N) is 1. The second-order valence-electron chi connectivity index (χ2n) is 5.36. The number of rotatable bonds is 5. The zero-order valence-corrected chi connectivity index (χ0v) is 12.2. The highest BCUT2D eigenvalue weighted by molar-refractivity contribution is 7.09. The number of aryl methyl sites for hydroxylation is 2. The van der Waals surface area contributed by atoms with Crippen LogP contribution in [-0.4, -0.2) is 13.1 Å². The smallest absolute Gasteiger partial charge is 0.0136 e. The molecule has 2 unspecified atom stereocenters. The summed E-state index contributed by atoms with van der Waals surface area (Å²) in [5.41, 5.74) is 3.14. The summed E-state index contributed by atoms with van der Waals surface area (Å²) in [4.78, 5) is 1.51. The van der Waals surface area contributed by atoms with E-state index in [1.54, 1.807) is 11.1 Å². The van der Waals surface area contributed by atoms with Gasteiger partial charge in [0.05, 0.1) is 0 Å². The summed E-state index contributed by atoms with van der Waals surface area (Å²) in [5.74, 6) is 0.696. The molecule has 1 nitrogen and oxygen atoms in total. The molecule has 1 N–H and O–H groups in total. The van der Waals surface area contributed by atoms with Crippen molar-refractivity contribution in [3.05, 3.63) is 57.8 Å². The molecule has 0 spiro atoms. The summed E-state index contributed by atoms with van der Waals surface area (Å²) < 4.78 is 0. The van der Waals surface area contributed by atoms with Crippen LogP contribution in [0, 0.1) is 0 Å². The first kappa shape index (κ1) is 12.9. The number of likely N-dealkylation sites (N-methyl/N-ethyl adjacent to an activating group) is 1. The minimum Gasteiger partial charge on any atom is -0.316 e. The minimum absolute atomic E-state index is 0.603. The summed E-state index contributed by atoms with van der Waals surface area (Å²) in [7, 11) is 2.11. The van der Waals surface area contributed by atoms with E-state index >= 15 is 0 Å². The van der Waals surface area contributed by atoms with Crippen molar-refractivity contribution in [1.29, 1.82) is 0 Å². The highest BCUT2D eigenvalue weighted by Gasteiger charge is 2.28. The van der Waals surface area contributed by atoms with Crippen LogP contribution in [0.2, 0.25) is 0 Å². The molecule has 2 aromatic rings. The molecule has 1 heterocycles. The third-order valence-corrected chi connectivity index (χ3v) is 5.25. The molecule has 1 aromatic heterocycles. The van der Waals surface area contributed by atoms with E-state index in [4.69, 9.17) is 0 Å². The summed E-state index contributed by atoms with van der Waals surface area (Å²) in [6.07, 6.45) is 4.98. The Hall–Kier alpha value is -1.12. The lowest BCUT2D eigenvalue weighted by molar-refractivity contribution is 0.433. The molecular formula is C17H21NS. The standard InChI is InChI=1S/C17H21NS/c1-18-17(11-9-14-6-4-12-19-14)16-10-8-13-5-2-3-7-15(13)16/h2-7,12,16-18H,8-11H2,1H3. The third-order valence-electron chi connectivity index (χ3n) is 4.32. The molecule has 2 atom stereocenters. The van der Waals surface area contributed by atoms with Crippen LogP contribution >= 0.6 is 11.3 Å². The second kappa shape index (κ2) is 5.89. The van der Waals surface area contributed by atoms with Gasteiger partial charge < -0.3 is 5.32 Å². The van der Waals surface area contributed by atoms with Crippen molar-refractivity contribution in [3.8, 4) is 0 Å². The summed E-state index contributed by atoms with van der Waals surface area (Å²) >= 11 is 1.88. The van der Waals surface area contributed by atoms with E-state index in [2.05, 4.69) is 54.1 Å². The van der Waals surface area contributed by atoms with Crippen LogP contribution in [0.5, 0.6) is 0 Å². The van der Waals surface area contributed by atoms with Gasteiger partial charge in [0.15, 0.2) is 0 Å². The van der Waals surface area contributed by atoms with E-state index in [9.17, 15) is 0 Å². The van der Waals surface area contributed by atoms with E-state index < -0.39 is 0 Å². The Balaban J connectivity index is 1.69. The van der Waals surface area contributed by atoms with Gasteiger partial charge >= 0.3 is 0 Å². The monoisotopic (exact) mass is 271 g/mol. The summed E-state index contributed by atoms with van der Waals surface area (Å²) in [5, 5.41) is 5.73. The second-order valence-corrected chi connectivity index (χ2v) is 6.39. The lowest BCUT2D eigenvalue weighted by Gasteiger charge is -2.24. The quantitative estimate of drug-likeness (QED) is 0.866. The zero-order chi connectivity index (χ0) is 13.1. The molecule has 0 radical (unpaired) electrons. The van der Waals surface area contributed by atoms with Crippen molar-refractivity contribution >= 4 is 11.3 Å². The Morgan fingerprint density at radius 1 is 1.26 bits per heavy atom. The largest absolute Gasteiger partial charge is 0.316 e. The molecule has 0 saturated heterocycles. The normalized spacial score (nSPS) is 19.3. The average molecular weight is 271 g/mol. The van der Waals surface area contributed by atoms with Crippen molar-refractivity contribution in [2.24, 2.45) is 0 Å². The van der Waals surface area contributed by atoms with Crippen molar-refractivity contribution in [2.75, 3.05) is 7.05 Å². The van der Waals surface area contributed by atoms with Gasteiger partial charge in [0.1, 0.15) is 0 Å². The molecule has 0 amide bonds. The third kappa shape index (κ3) is 2.75. The molecule has 0 bridgehead atoms. The van der Waals surface area contributed by atoms with Gasteiger partial charge in [0.2, 0.25) is 0 Å². The Kier molecular flexibility index (Phi) is 4.00. The van der Waals surface area contributed by atoms with E-state index in [-0.39, 0.29) is 0 Å². The van der Waals surface area contributed by atoms with Gasteiger partial charge in [-0.3, -0.25) is 0 Å². The molecular weight excluding hydrogens is 250 g/mol. The van der Waals surface area contributed by atoms with Gasteiger partial charge in [0.25, 0.3) is 0 Å². The molecule has 100 valence electrons. The van der Waals surface area contributed by atoms with Gasteiger partial charge in [-0.2, -0.15) is 0 Å². The first-order valence-corrected chi connectivity index (χ1v) is 8.04. The number of fused-ring (bicyclic) bond motifs is 1. The topological polar surface area (TPSA) is 12.0 Å². The van der Waals surface area contributed by atoms with Gasteiger partial charge in [-0.15, -0.1) is 11.3 Å². The van der Waals surface area contributed by atoms with Crippen LogP contribution in [0.4, 0.5) is 0 Å². The first-order chi connectivity index (χ1) is 9.38. The Bertz CT molecular complexity index is 518. The molecule has 2 heteroatoms. The van der Waals surface area contributed by atoms with Crippen molar-refractivity contribution in [2.45, 2.75) is 37.6 Å². The molecule has 1 aliphatic carbocycles. The molecule has 1 aromatic carbocycles. The molecule has 0 fully saturated rings. The van der Waals surface area contributed by atoms with Crippen molar-refractivity contribution in [3.63, 3.8) is 0 Å². The molecule has 3 rings (SSSR count). The predicted molar refractivity (Wildman–Crippen MR) is 83.0 cm³/mol. The average Bonchev–Trinajstić information content (AvgIpc) is 3.09. The number of benzene rings is 1. The van der Waals surface area contributed by atoms with Crippen LogP contribution in [0.25, 0.3) is 0 Å². The summed E-state index contributed by atoms with van der Waals surface area (Å²) in [6, 6.07) is 14.0. The van der Waals surface area contributed by atoms with Crippen LogP contribution in [-0.2, 0) is 12.8 Å². The number of hydrogen-bond donors (Lipinski definition) is 1. The fourth-order valence-corrected chi connectivity index (χ4v) is 4.03. The van der Waals surface area contributed by atoms with E-state index in [1.807, 2.05) is 11.3 Å². The minimum atomic E-state index is 0.603. The van der Waals surface area contributed by atoms with Gasteiger partial charge in [-0.1, -0.05) is 30.3 Å². The lowest BCUT2D eigenvalue weighted by Crippen LogP contribution is -2.31. The zero-order valence-electron chi connectivity index (χ0n) is 11.4. The lowest BCUT2D eigenvalue weighted by atomic mass is 9.90. The van der Waals surface area contributed by atoms with E-state index in [0.29, 0.717) is 12.0 Å². The Morgan fingerprint density at radius 2 is 2.16 bits per heavy atom. The van der Waals surface area contributed by atoms with Crippen LogP contribution in [0.1, 0.15) is 34.8 Å². The van der Waals surface area contributed by atoms with E-state index in [1.165, 1.54) is 30.6 Å². The number of thiophene rings is 1. The maximum atomic E-state index is 3.55. The van der Waals surface area contributed by atoms with Crippen molar-refractivity contribution < 1.29 is 0 Å². The van der Waals surface area contributed by atoms with Crippen LogP contribution in [0.15, 0.2) is 41.8 Å². The van der Waals surface area contributed by atoms with Crippen LogP contribution in [0.3, 0.4) is 0 Å². The SMILES string of the molecule is CNC(CCc1cccs1)C1CCc2ccccc21. The fourth-order valence-electron chi connectivity index (χ4n) is 3.31. The van der Waals surface area contributed by atoms with E-state index in [0.717, 1.165) is 0 Å². The Morgan fingerprint density at radius 3 is 2.95 bits per heavy atom. The highest BCUT2D eigenvalue weighted by Crippen LogP contribution is 2.36. The number of hydrogen-bond acceptors (Lipinski definition) is 2. The van der Waals surface area contributed by atoms with Gasteiger partial charge in [0, 0.05) is 10.9 Å². The molecule has 1 aliphatic rings. The Labute approximate surface area is 119 Å². The molecule has 0 aliphatic heterocycles. The summed E-state index contributed by atoms with van der Waals surface area (Å²) in [6.45, 7) is 0. The molecule has 19 heavy (non-hydrogen) atoms. The maximum Gasteiger partial charge on any atom is 0.0136 e. The van der Waals surface area contributed by atoms with Crippen LogP contribution < -0.4 is 5.32 Å². The maximum absolute atomic E-state index is 3.55. The first-order valence-electron chi connectivity index (χ1n) is 7.16. The molecule has 0 saturated carbocycles. The highest BCUT2D eigenvalue weighted by atomic mass is 32.1. The fraction of sp³-hybridized carbons (Fsp3) is 0.412. The van der Waals surface area contributed by atoms with Crippen molar-refractivity contribution in [1.82, 2.24) is 5.32 Å².